The maximum absolute atomic E-state index is 6.24. The molecule has 0 spiro atoms. The minimum atomic E-state index is -0.697. The van der Waals surface area contributed by atoms with Gasteiger partial charge in [0.25, 0.3) is 0 Å². The highest BCUT2D eigenvalue weighted by Gasteiger charge is 2.20. The summed E-state index contributed by atoms with van der Waals surface area (Å²) in [5.41, 5.74) is 7.24. The lowest BCUT2D eigenvalue weighted by molar-refractivity contribution is 0.0919. The molecule has 2 fully saturated rings. The third-order valence-electron chi connectivity index (χ3n) is 6.32. The van der Waals surface area contributed by atoms with Crippen molar-refractivity contribution in [2.75, 3.05) is 49.9 Å². The molecule has 0 bridgehead atoms. The molecule has 8 heteroatoms. The average Bonchev–Trinajstić information content (AvgIpc) is 2.92. The number of alkyl halides is 1. The SMILES string of the molecule is C.CCN1CCCC(Oc2ccc(N)cc2)C1.CCN1CCCC(Oc2ccc(N=C=S)cc2)C1.[2H]C([3H])I. The van der Waals surface area contributed by atoms with Crippen LogP contribution in [-0.2, 0) is 0 Å². The number of likely N-dealkylation sites (tertiary alicyclic amines) is 2. The normalized spacial score (nSPS) is 21.1. The summed E-state index contributed by atoms with van der Waals surface area (Å²) in [5, 5.41) is 2.36. The molecule has 2 N–H and O–H groups in total. The fraction of sp³-hybridized carbons (Fsp3) is 0.552. The fourth-order valence-electron chi connectivity index (χ4n) is 4.38. The molecule has 3 atom stereocenters. The van der Waals surface area contributed by atoms with Gasteiger partial charge >= 0.3 is 0 Å². The number of isothiocyanates is 1. The Morgan fingerprint density at radius 3 is 1.84 bits per heavy atom. The first kappa shape index (κ1) is 29.8. The molecule has 2 aromatic carbocycles. The number of nitrogens with two attached hydrogens (primary N) is 1. The van der Waals surface area contributed by atoms with Gasteiger partial charge in [0.05, 0.1) is 10.8 Å². The Kier molecular flexibility index (Phi) is 15.6. The van der Waals surface area contributed by atoms with Gasteiger partial charge in [0.1, 0.15) is 23.7 Å². The summed E-state index contributed by atoms with van der Waals surface area (Å²) in [4.78, 5) is 8.09. The number of thiocarbonyl (C=S) groups is 1. The zero-order chi connectivity index (χ0) is 27.8. The third kappa shape index (κ3) is 12.6. The zero-order valence-electron chi connectivity index (χ0n) is 23.4. The van der Waals surface area contributed by atoms with Gasteiger partial charge in [0, 0.05) is 21.5 Å². The highest BCUT2D eigenvalue weighted by molar-refractivity contribution is 14.1. The number of likely N-dealkylation sites (N-methyl/N-ethyl adjacent to an activating group) is 2. The van der Waals surface area contributed by atoms with Crippen molar-refractivity contribution >= 4 is 51.3 Å². The fourth-order valence-corrected chi connectivity index (χ4v) is 4.48. The van der Waals surface area contributed by atoms with Crippen molar-refractivity contribution in [2.45, 2.75) is 59.2 Å². The van der Waals surface area contributed by atoms with Gasteiger partial charge in [-0.25, -0.2) is 0 Å². The van der Waals surface area contributed by atoms with Crippen molar-refractivity contribution in [3.63, 3.8) is 0 Å². The highest BCUT2D eigenvalue weighted by atomic mass is 127. The van der Waals surface area contributed by atoms with Crippen LogP contribution in [0.15, 0.2) is 53.5 Å². The molecular formula is C29H45IN4O2S. The summed E-state index contributed by atoms with van der Waals surface area (Å²) in [6, 6.07) is 15.3. The van der Waals surface area contributed by atoms with Crippen LogP contribution in [0.3, 0.4) is 0 Å². The molecule has 206 valence electrons. The summed E-state index contributed by atoms with van der Waals surface area (Å²) >= 11 is 6.25. The van der Waals surface area contributed by atoms with E-state index in [-0.39, 0.29) is 7.43 Å². The first-order valence-corrected chi connectivity index (χ1v) is 14.3. The number of halogens is 1. The van der Waals surface area contributed by atoms with Crippen LogP contribution in [-0.4, -0.2) is 71.3 Å². The largest absolute Gasteiger partial charge is 0.489 e. The van der Waals surface area contributed by atoms with Crippen molar-refractivity contribution in [1.29, 1.82) is 0 Å². The Balaban J connectivity index is 0.000000337. The van der Waals surface area contributed by atoms with E-state index in [1.165, 1.54) is 25.9 Å². The molecule has 0 aromatic heterocycles. The van der Waals surface area contributed by atoms with E-state index in [4.69, 9.17) is 17.9 Å². The van der Waals surface area contributed by atoms with Crippen molar-refractivity contribution in [1.82, 2.24) is 9.80 Å². The van der Waals surface area contributed by atoms with Gasteiger partial charge in [-0.05, 0) is 117 Å². The summed E-state index contributed by atoms with van der Waals surface area (Å²) in [5.74, 6) is 1.83. The minimum Gasteiger partial charge on any atom is -0.489 e. The molecule has 0 saturated carbocycles. The van der Waals surface area contributed by atoms with E-state index in [2.05, 4.69) is 46.0 Å². The number of hydrogen-bond donors (Lipinski definition) is 1. The standard InChI is InChI=1S/C14H18N2OS.C13H20N2O.CH3I.CH4/c1-2-16-9-3-4-14(10-16)17-13-7-5-12(6-8-13)15-11-18;1-2-15-9-3-4-13(10-15)16-12-7-5-11(14)6-8-12;1-2;/h5-8,14H,2-4,9-10H2,1H3;5-8,13H,2-4,9-10,14H2,1H3;1H3;1H4/i;;1TD;. The van der Waals surface area contributed by atoms with E-state index in [1.807, 2.05) is 48.5 Å². The molecule has 37 heavy (non-hydrogen) atoms. The van der Waals surface area contributed by atoms with Crippen molar-refractivity contribution in [3.8, 4) is 11.5 Å². The van der Waals surface area contributed by atoms with Gasteiger partial charge in [0.2, 0.25) is 0 Å². The van der Waals surface area contributed by atoms with Gasteiger partial charge in [-0.3, -0.25) is 9.80 Å². The Labute approximate surface area is 246 Å². The molecule has 2 aliphatic rings. The molecular weight excluding hydrogens is 595 g/mol. The Hall–Kier alpha value is -1.71. The van der Waals surface area contributed by atoms with Crippen LogP contribution in [0.2, 0.25) is 0 Å². The van der Waals surface area contributed by atoms with Crippen LogP contribution in [0.5, 0.6) is 11.5 Å². The second-order valence-corrected chi connectivity index (χ2v) is 9.00. The van der Waals surface area contributed by atoms with Crippen LogP contribution in [0.1, 0.15) is 49.7 Å². The van der Waals surface area contributed by atoms with E-state index in [1.54, 1.807) is 22.6 Å². The second kappa shape index (κ2) is 19.4. The Morgan fingerprint density at radius 1 is 1.00 bits per heavy atom. The third-order valence-corrected chi connectivity index (χ3v) is 6.41. The van der Waals surface area contributed by atoms with E-state index < -0.39 is 4.88 Å². The quantitative estimate of drug-likeness (QED) is 0.114. The van der Waals surface area contributed by atoms with Crippen LogP contribution in [0, 0.1) is 0 Å². The molecule has 2 aromatic rings. The lowest BCUT2D eigenvalue weighted by Gasteiger charge is -2.32. The minimum absolute atomic E-state index is 0. The molecule has 2 saturated heterocycles. The molecule has 0 aliphatic carbocycles. The van der Waals surface area contributed by atoms with Gasteiger partial charge in [0.15, 0.2) is 0 Å². The van der Waals surface area contributed by atoms with E-state index in [0.717, 1.165) is 61.9 Å². The predicted molar refractivity (Wildman–Crippen MR) is 170 cm³/mol. The molecule has 3 unspecified atom stereocenters. The van der Waals surface area contributed by atoms with Crippen molar-refractivity contribution < 1.29 is 12.2 Å². The van der Waals surface area contributed by atoms with E-state index in [0.29, 0.717) is 12.2 Å². The van der Waals surface area contributed by atoms with Crippen LogP contribution < -0.4 is 15.2 Å². The van der Waals surface area contributed by atoms with Crippen LogP contribution >= 0.6 is 34.8 Å². The lowest BCUT2D eigenvalue weighted by Crippen LogP contribution is -2.40. The number of benzene rings is 2. The van der Waals surface area contributed by atoms with Crippen molar-refractivity contribution in [3.05, 3.63) is 48.5 Å². The molecule has 0 amide bonds. The summed E-state index contributed by atoms with van der Waals surface area (Å²) < 4.78 is 24.4. The molecule has 0 radical (unpaired) electrons. The Morgan fingerprint density at radius 2 is 1.43 bits per heavy atom. The maximum atomic E-state index is 6.24. The topological polar surface area (TPSA) is 63.3 Å². The smallest absolute Gasteiger partial charge is 0.119 e. The lowest BCUT2D eigenvalue weighted by atomic mass is 10.1. The Bertz CT molecular complexity index is 960. The van der Waals surface area contributed by atoms with Crippen molar-refractivity contribution in [2.24, 2.45) is 4.99 Å². The first-order valence-electron chi connectivity index (χ1n) is 13.8. The van der Waals surface area contributed by atoms with Gasteiger partial charge in [-0.2, -0.15) is 4.99 Å². The maximum Gasteiger partial charge on any atom is 0.119 e. The monoisotopic (exact) mass is 643 g/mol. The number of hydrogen-bond acceptors (Lipinski definition) is 7. The predicted octanol–water partition coefficient (Wildman–Crippen LogP) is 7.10. The highest BCUT2D eigenvalue weighted by Crippen LogP contribution is 2.22. The molecule has 2 aliphatic heterocycles. The number of nitrogens with zero attached hydrogens (tertiary/aromatic N) is 3. The molecule has 2 heterocycles. The summed E-state index contributed by atoms with van der Waals surface area (Å²) in [7, 11) is 0. The molecule has 6 nitrogen and oxygen atoms in total. The number of aliphatic imine (C=N–C) groups is 1. The number of nitrogen functional groups attached to an aromatic ring is 1. The summed E-state index contributed by atoms with van der Waals surface area (Å²) in [6.45, 7) is 11.1. The second-order valence-electron chi connectivity index (χ2n) is 8.82. The van der Waals surface area contributed by atoms with Gasteiger partial charge in [-0.15, -0.1) is 0 Å². The van der Waals surface area contributed by atoms with Gasteiger partial charge in [-0.1, -0.05) is 43.9 Å². The summed E-state index contributed by atoms with van der Waals surface area (Å²) in [6.07, 6.45) is 5.37. The average molecular weight is 644 g/mol. The number of anilines is 1. The van der Waals surface area contributed by atoms with E-state index in [9.17, 15) is 0 Å². The number of ether oxygens (including phenoxy) is 2. The van der Waals surface area contributed by atoms with E-state index >= 15 is 0 Å². The van der Waals surface area contributed by atoms with Crippen LogP contribution in [0.25, 0.3) is 0 Å². The number of rotatable bonds is 7. The number of piperidine rings is 2. The van der Waals surface area contributed by atoms with Gasteiger partial charge < -0.3 is 15.2 Å². The molecule has 4 rings (SSSR count). The zero-order valence-corrected chi connectivity index (χ0v) is 24.4. The van der Waals surface area contributed by atoms with Crippen LogP contribution in [0.4, 0.5) is 11.4 Å². The first-order chi connectivity index (χ1) is 18.3.